The molecule has 1 aliphatic rings. The number of hydrogen-bond donors (Lipinski definition) is 0. The van der Waals surface area contributed by atoms with Crippen LogP contribution in [0.5, 0.6) is 0 Å². The molecule has 1 aliphatic carbocycles. The molecule has 0 aromatic heterocycles. The highest BCUT2D eigenvalue weighted by atomic mass is 35.5. The summed E-state index contributed by atoms with van der Waals surface area (Å²) in [7, 11) is 0. The lowest BCUT2D eigenvalue weighted by Gasteiger charge is -2.28. The van der Waals surface area contributed by atoms with E-state index in [2.05, 4.69) is 0 Å². The van der Waals surface area contributed by atoms with Gasteiger partial charge in [0.25, 0.3) is 0 Å². The summed E-state index contributed by atoms with van der Waals surface area (Å²) in [5, 5.41) is 0.146. The van der Waals surface area contributed by atoms with E-state index in [1.54, 1.807) is 12.1 Å². The van der Waals surface area contributed by atoms with Gasteiger partial charge in [0.2, 0.25) is 0 Å². The predicted octanol–water partition coefficient (Wildman–Crippen LogP) is 7.04. The smallest absolute Gasteiger partial charge is 0.205 e. The van der Waals surface area contributed by atoms with E-state index in [0.29, 0.717) is 18.3 Å². The van der Waals surface area contributed by atoms with Crippen molar-refractivity contribution in [1.29, 1.82) is 0 Å². The summed E-state index contributed by atoms with van der Waals surface area (Å²) in [5.41, 5.74) is 0.996. The van der Waals surface area contributed by atoms with Crippen molar-refractivity contribution < 1.29 is 17.6 Å². The van der Waals surface area contributed by atoms with E-state index in [1.165, 1.54) is 12.1 Å². The summed E-state index contributed by atoms with van der Waals surface area (Å²) in [6.07, 6.45) is 3.59. The van der Waals surface area contributed by atoms with Crippen LogP contribution in [-0.4, -0.2) is 6.18 Å². The zero-order valence-corrected chi connectivity index (χ0v) is 13.6. The molecule has 1 aromatic carbocycles. The molecule has 128 valence electrons. The summed E-state index contributed by atoms with van der Waals surface area (Å²) in [6, 6.07) is 5.01. The molecule has 0 N–H and O–H groups in total. The van der Waals surface area contributed by atoms with E-state index in [9.17, 15) is 17.6 Å². The molecule has 0 amide bonds. The normalized spacial score (nSPS) is 22.7. The second-order valence-corrected chi connectivity index (χ2v) is 6.67. The highest BCUT2D eigenvalue weighted by molar-refractivity contribution is 6.30. The molecule has 0 spiro atoms. The Bertz CT molecular complexity index is 528. The minimum absolute atomic E-state index is 0.146. The second-order valence-electron chi connectivity index (χ2n) is 6.26. The molecule has 0 atom stereocenters. The van der Waals surface area contributed by atoms with E-state index in [0.717, 1.165) is 37.7 Å². The Labute approximate surface area is 139 Å². The molecule has 0 heterocycles. The van der Waals surface area contributed by atoms with Crippen LogP contribution >= 0.6 is 11.6 Å². The molecule has 2 rings (SSSR count). The van der Waals surface area contributed by atoms with E-state index in [4.69, 9.17) is 11.6 Å². The van der Waals surface area contributed by atoms with Gasteiger partial charge in [-0.2, -0.15) is 13.2 Å². The van der Waals surface area contributed by atoms with Crippen LogP contribution in [0.1, 0.15) is 56.4 Å². The van der Waals surface area contributed by atoms with Gasteiger partial charge in [-0.25, -0.2) is 4.39 Å². The zero-order chi connectivity index (χ0) is 16.9. The van der Waals surface area contributed by atoms with Crippen molar-refractivity contribution in [2.45, 2.75) is 57.0 Å². The molecule has 1 saturated carbocycles. The summed E-state index contributed by atoms with van der Waals surface area (Å²) in [4.78, 5) is 0. The monoisotopic (exact) mass is 348 g/mol. The van der Waals surface area contributed by atoms with Gasteiger partial charge < -0.3 is 0 Å². The van der Waals surface area contributed by atoms with Crippen LogP contribution < -0.4 is 0 Å². The maximum atomic E-state index is 13.5. The van der Waals surface area contributed by atoms with Crippen molar-refractivity contribution in [3.63, 3.8) is 0 Å². The predicted molar refractivity (Wildman–Crippen MR) is 85.2 cm³/mol. The summed E-state index contributed by atoms with van der Waals surface area (Å²) < 4.78 is 49.5. The lowest BCUT2D eigenvalue weighted by Crippen LogP contribution is -2.13. The molecule has 1 fully saturated rings. The molecule has 0 saturated heterocycles. The van der Waals surface area contributed by atoms with Crippen LogP contribution in [-0.2, 0) is 0 Å². The zero-order valence-electron chi connectivity index (χ0n) is 12.9. The first-order chi connectivity index (χ1) is 10.8. The minimum atomic E-state index is -4.11. The van der Waals surface area contributed by atoms with E-state index in [-0.39, 0.29) is 10.8 Å². The fourth-order valence-electron chi connectivity index (χ4n) is 3.22. The number of hydrogen-bond acceptors (Lipinski definition) is 0. The molecule has 0 nitrogen and oxygen atoms in total. The first kappa shape index (κ1) is 18.3. The first-order valence-electron chi connectivity index (χ1n) is 8.02. The maximum Gasteiger partial charge on any atom is 0.392 e. The topological polar surface area (TPSA) is 0 Å². The first-order valence-corrected chi connectivity index (χ1v) is 8.39. The molecule has 0 radical (unpaired) electrons. The molecule has 23 heavy (non-hydrogen) atoms. The van der Waals surface area contributed by atoms with E-state index >= 15 is 0 Å². The van der Waals surface area contributed by atoms with Crippen molar-refractivity contribution in [2.24, 2.45) is 5.92 Å². The van der Waals surface area contributed by atoms with E-state index < -0.39 is 12.6 Å². The number of rotatable bonds is 5. The van der Waals surface area contributed by atoms with E-state index in [1.807, 2.05) is 6.07 Å². The standard InChI is InChI=1S/C18H21ClF4/c19-16-10-9-15(12-17(16)20)14-7-5-13(6-8-14)4-2-1-3-11-18(21,22)23/h1,3,9-10,12-14H,2,4-8,11H2/t13-,14-. The van der Waals surface area contributed by atoms with Gasteiger partial charge in [0.1, 0.15) is 5.82 Å². The Morgan fingerprint density at radius 2 is 1.78 bits per heavy atom. The lowest BCUT2D eigenvalue weighted by atomic mass is 9.77. The summed E-state index contributed by atoms with van der Waals surface area (Å²) in [5.74, 6) is 0.541. The molecule has 5 heteroatoms. The molecular formula is C18H21ClF4. The number of allylic oxidation sites excluding steroid dienone is 2. The van der Waals surface area contributed by atoms with Crippen LogP contribution in [0.25, 0.3) is 0 Å². The van der Waals surface area contributed by atoms with Gasteiger partial charge in [0.05, 0.1) is 11.4 Å². The van der Waals surface area contributed by atoms with Gasteiger partial charge in [-0.1, -0.05) is 29.8 Å². The Hall–Kier alpha value is -1.03. The maximum absolute atomic E-state index is 13.5. The Morgan fingerprint density at radius 1 is 1.09 bits per heavy atom. The van der Waals surface area contributed by atoms with Gasteiger partial charge in [-0.3, -0.25) is 0 Å². The Balaban J connectivity index is 1.72. The summed E-state index contributed by atoms with van der Waals surface area (Å²) in [6.45, 7) is 0. The van der Waals surface area contributed by atoms with Crippen LogP contribution in [0.2, 0.25) is 5.02 Å². The molecule has 0 aliphatic heterocycles. The largest absolute Gasteiger partial charge is 0.392 e. The Kier molecular flexibility index (Phi) is 6.51. The average Bonchev–Trinajstić information content (AvgIpc) is 2.49. The quantitative estimate of drug-likeness (QED) is 0.395. The molecular weight excluding hydrogens is 328 g/mol. The molecule has 1 aromatic rings. The molecule has 0 bridgehead atoms. The lowest BCUT2D eigenvalue weighted by molar-refractivity contribution is -0.125. The second kappa shape index (κ2) is 8.18. The van der Waals surface area contributed by atoms with Gasteiger partial charge in [0.15, 0.2) is 0 Å². The third-order valence-electron chi connectivity index (χ3n) is 4.52. The fourth-order valence-corrected chi connectivity index (χ4v) is 3.34. The van der Waals surface area contributed by atoms with Crippen LogP contribution in [0, 0.1) is 11.7 Å². The minimum Gasteiger partial charge on any atom is -0.205 e. The van der Waals surface area contributed by atoms with Gasteiger partial charge >= 0.3 is 6.18 Å². The van der Waals surface area contributed by atoms with Crippen LogP contribution in [0.3, 0.4) is 0 Å². The SMILES string of the molecule is Fc1cc([C@H]2CC[C@H](CCC=CCC(F)(F)F)CC2)ccc1Cl. The third kappa shape index (κ3) is 6.17. The third-order valence-corrected chi connectivity index (χ3v) is 4.83. The highest BCUT2D eigenvalue weighted by Gasteiger charge is 2.25. The number of benzene rings is 1. The summed E-state index contributed by atoms with van der Waals surface area (Å²) >= 11 is 5.70. The highest BCUT2D eigenvalue weighted by Crippen LogP contribution is 2.38. The van der Waals surface area contributed by atoms with Gasteiger partial charge in [0, 0.05) is 0 Å². The average molecular weight is 349 g/mol. The van der Waals surface area contributed by atoms with Gasteiger partial charge in [-0.15, -0.1) is 0 Å². The van der Waals surface area contributed by atoms with Crippen molar-refractivity contribution >= 4 is 11.6 Å². The number of alkyl halides is 3. The fraction of sp³-hybridized carbons (Fsp3) is 0.556. The Morgan fingerprint density at radius 3 is 2.39 bits per heavy atom. The van der Waals surface area contributed by atoms with Gasteiger partial charge in [-0.05, 0) is 68.1 Å². The molecule has 0 unspecified atom stereocenters. The van der Waals surface area contributed by atoms with Crippen molar-refractivity contribution in [3.05, 3.63) is 46.8 Å². The van der Waals surface area contributed by atoms with Crippen molar-refractivity contribution in [2.75, 3.05) is 0 Å². The number of halogens is 5. The van der Waals surface area contributed by atoms with Crippen LogP contribution in [0.4, 0.5) is 17.6 Å². The van der Waals surface area contributed by atoms with Crippen molar-refractivity contribution in [3.8, 4) is 0 Å². The van der Waals surface area contributed by atoms with Crippen molar-refractivity contribution in [1.82, 2.24) is 0 Å². The van der Waals surface area contributed by atoms with Crippen LogP contribution in [0.15, 0.2) is 30.4 Å².